The summed E-state index contributed by atoms with van der Waals surface area (Å²) in [5.74, 6) is 4.25. The van der Waals surface area contributed by atoms with Gasteiger partial charge in [-0.05, 0) is 90.6 Å². The smallest absolute Gasteiger partial charge is 0.156 e. The molecule has 156 valence electrons. The normalized spacial score (nSPS) is 43.1. The number of carbonyl (C=O) groups excluding carboxylic acids is 1. The molecule has 0 bridgehead atoms. The molecule has 28 heavy (non-hydrogen) atoms. The molecule has 2 nitrogen and oxygen atoms in total. The van der Waals surface area contributed by atoms with E-state index >= 15 is 0 Å². The Bertz CT molecular complexity index is 661. The van der Waals surface area contributed by atoms with Crippen LogP contribution in [0.2, 0.25) is 0 Å². The van der Waals surface area contributed by atoms with Crippen LogP contribution < -0.4 is 0 Å². The molecular formula is C26H40O2. The molecule has 1 N–H and O–H groups in total. The molecule has 4 aliphatic carbocycles. The molecule has 7 unspecified atom stereocenters. The second-order valence-corrected chi connectivity index (χ2v) is 10.9. The number of unbranched alkanes of at least 4 members (excludes halogenated alkanes) is 2. The molecule has 2 saturated carbocycles. The van der Waals surface area contributed by atoms with Gasteiger partial charge >= 0.3 is 0 Å². The standard InChI is InChI=1S/C26H40O2/c1-18(7-5-4-6-16-27)22-10-11-23-21-9-8-19-17-20(28)12-14-25(19,2)24(21)13-15-26(22,23)3/h8-9,17-18,21-24,27H,4-7,10-16H2,1-3H3. The highest BCUT2D eigenvalue weighted by atomic mass is 16.2. The second-order valence-electron chi connectivity index (χ2n) is 10.9. The van der Waals surface area contributed by atoms with Crippen molar-refractivity contribution in [3.63, 3.8) is 0 Å². The van der Waals surface area contributed by atoms with Gasteiger partial charge in [-0.15, -0.1) is 0 Å². The maximum Gasteiger partial charge on any atom is 0.156 e. The summed E-state index contributed by atoms with van der Waals surface area (Å²) in [6.45, 7) is 7.90. The third kappa shape index (κ3) is 3.24. The van der Waals surface area contributed by atoms with Crippen LogP contribution in [0.15, 0.2) is 23.8 Å². The third-order valence-electron chi connectivity index (χ3n) is 9.59. The number of fused-ring (bicyclic) bond motifs is 5. The third-order valence-corrected chi connectivity index (χ3v) is 9.59. The molecule has 4 rings (SSSR count). The minimum absolute atomic E-state index is 0.225. The number of rotatable bonds is 6. The van der Waals surface area contributed by atoms with Crippen LogP contribution in [0.4, 0.5) is 0 Å². The van der Waals surface area contributed by atoms with Crippen LogP contribution in [-0.4, -0.2) is 17.5 Å². The molecule has 0 amide bonds. The van der Waals surface area contributed by atoms with Crippen molar-refractivity contribution >= 4 is 5.78 Å². The van der Waals surface area contributed by atoms with Gasteiger partial charge in [-0.3, -0.25) is 4.79 Å². The summed E-state index contributed by atoms with van der Waals surface area (Å²) in [6.07, 6.45) is 18.8. The number of hydrogen-bond donors (Lipinski definition) is 1. The highest BCUT2D eigenvalue weighted by Gasteiger charge is 2.58. The summed E-state index contributed by atoms with van der Waals surface area (Å²) in [5.41, 5.74) is 2.03. The van der Waals surface area contributed by atoms with Gasteiger partial charge in [-0.1, -0.05) is 52.2 Å². The predicted molar refractivity (Wildman–Crippen MR) is 115 cm³/mol. The first-order valence-electron chi connectivity index (χ1n) is 11.9. The van der Waals surface area contributed by atoms with Crippen LogP contribution in [0.3, 0.4) is 0 Å². The number of ketones is 1. The van der Waals surface area contributed by atoms with Crippen LogP contribution in [0.5, 0.6) is 0 Å². The Balaban J connectivity index is 1.51. The Morgan fingerprint density at radius 1 is 1.11 bits per heavy atom. The number of allylic oxidation sites excluding steroid dienone is 4. The van der Waals surface area contributed by atoms with E-state index in [2.05, 4.69) is 32.9 Å². The summed E-state index contributed by atoms with van der Waals surface area (Å²) in [7, 11) is 0. The minimum atomic E-state index is 0.225. The Kier molecular flexibility index (Phi) is 5.64. The summed E-state index contributed by atoms with van der Waals surface area (Å²) < 4.78 is 0. The molecule has 0 radical (unpaired) electrons. The van der Waals surface area contributed by atoms with Crippen molar-refractivity contribution in [1.82, 2.24) is 0 Å². The minimum Gasteiger partial charge on any atom is -0.396 e. The van der Waals surface area contributed by atoms with Crippen molar-refractivity contribution in [1.29, 1.82) is 0 Å². The van der Waals surface area contributed by atoms with E-state index in [1.165, 1.54) is 50.5 Å². The van der Waals surface area contributed by atoms with Crippen LogP contribution in [0.1, 0.15) is 85.0 Å². The van der Waals surface area contributed by atoms with E-state index in [0.29, 0.717) is 23.7 Å². The monoisotopic (exact) mass is 384 g/mol. The van der Waals surface area contributed by atoms with E-state index in [0.717, 1.165) is 42.9 Å². The molecule has 0 heterocycles. The van der Waals surface area contributed by atoms with Crippen LogP contribution in [0, 0.1) is 40.4 Å². The van der Waals surface area contributed by atoms with Crippen molar-refractivity contribution in [3.8, 4) is 0 Å². The van der Waals surface area contributed by atoms with Crippen molar-refractivity contribution in [2.24, 2.45) is 40.4 Å². The van der Waals surface area contributed by atoms with E-state index in [9.17, 15) is 4.79 Å². The zero-order chi connectivity index (χ0) is 19.9. The second kappa shape index (κ2) is 7.74. The van der Waals surface area contributed by atoms with Gasteiger partial charge < -0.3 is 5.11 Å². The van der Waals surface area contributed by atoms with E-state index in [1.54, 1.807) is 0 Å². The van der Waals surface area contributed by atoms with E-state index in [4.69, 9.17) is 5.11 Å². The fourth-order valence-corrected chi connectivity index (χ4v) is 7.93. The lowest BCUT2D eigenvalue weighted by molar-refractivity contribution is -0.116. The maximum absolute atomic E-state index is 12.0. The lowest BCUT2D eigenvalue weighted by Crippen LogP contribution is -2.49. The lowest BCUT2D eigenvalue weighted by Gasteiger charge is -2.56. The molecule has 2 heteroatoms. The molecule has 0 aromatic rings. The molecular weight excluding hydrogens is 344 g/mol. The summed E-state index contributed by atoms with van der Waals surface area (Å²) in [5, 5.41) is 9.04. The van der Waals surface area contributed by atoms with Gasteiger partial charge in [0.25, 0.3) is 0 Å². The number of carbonyl (C=O) groups is 1. The number of aliphatic hydroxyl groups is 1. The zero-order valence-corrected chi connectivity index (χ0v) is 18.3. The zero-order valence-electron chi connectivity index (χ0n) is 18.3. The number of aliphatic hydroxyl groups excluding tert-OH is 1. The van der Waals surface area contributed by atoms with Crippen molar-refractivity contribution in [2.75, 3.05) is 6.61 Å². The molecule has 4 aliphatic rings. The molecule has 2 fully saturated rings. The largest absolute Gasteiger partial charge is 0.396 e. The topological polar surface area (TPSA) is 37.3 Å². The first kappa shape index (κ1) is 20.4. The van der Waals surface area contributed by atoms with Crippen molar-refractivity contribution in [3.05, 3.63) is 23.8 Å². The first-order chi connectivity index (χ1) is 13.4. The van der Waals surface area contributed by atoms with Crippen LogP contribution >= 0.6 is 0 Å². The first-order valence-corrected chi connectivity index (χ1v) is 11.9. The van der Waals surface area contributed by atoms with Crippen molar-refractivity contribution < 1.29 is 9.90 Å². The predicted octanol–water partition coefficient (Wildman–Crippen LogP) is 6.10. The van der Waals surface area contributed by atoms with Crippen LogP contribution in [0.25, 0.3) is 0 Å². The quantitative estimate of drug-likeness (QED) is 0.562. The average molecular weight is 385 g/mol. The average Bonchev–Trinajstić information content (AvgIpc) is 3.03. The molecule has 0 aromatic heterocycles. The summed E-state index contributed by atoms with van der Waals surface area (Å²) >= 11 is 0. The fraction of sp³-hybridized carbons (Fsp3) is 0.808. The maximum atomic E-state index is 12.0. The summed E-state index contributed by atoms with van der Waals surface area (Å²) in [6, 6.07) is 0. The molecule has 0 aliphatic heterocycles. The van der Waals surface area contributed by atoms with E-state index in [-0.39, 0.29) is 5.41 Å². The number of hydrogen-bond acceptors (Lipinski definition) is 2. The van der Waals surface area contributed by atoms with Gasteiger partial charge in [0.2, 0.25) is 0 Å². The van der Waals surface area contributed by atoms with Crippen molar-refractivity contribution in [2.45, 2.75) is 85.0 Å². The van der Waals surface area contributed by atoms with Gasteiger partial charge in [-0.25, -0.2) is 0 Å². The molecule has 7 atom stereocenters. The SMILES string of the molecule is CC(CCCCCO)C1CCC2C3C=CC4=CC(=O)CCC4(C)C3CCC12C. The Morgan fingerprint density at radius 3 is 2.71 bits per heavy atom. The van der Waals surface area contributed by atoms with Gasteiger partial charge in [0.15, 0.2) is 5.78 Å². The van der Waals surface area contributed by atoms with Gasteiger partial charge in [0, 0.05) is 13.0 Å². The van der Waals surface area contributed by atoms with E-state index < -0.39 is 0 Å². The van der Waals surface area contributed by atoms with Gasteiger partial charge in [0.1, 0.15) is 0 Å². The van der Waals surface area contributed by atoms with Crippen LogP contribution in [-0.2, 0) is 4.79 Å². The van der Waals surface area contributed by atoms with E-state index in [1.807, 2.05) is 6.08 Å². The Morgan fingerprint density at radius 2 is 1.93 bits per heavy atom. The Labute approximate surface area is 171 Å². The highest BCUT2D eigenvalue weighted by Crippen LogP contribution is 2.66. The van der Waals surface area contributed by atoms with Gasteiger partial charge in [0.05, 0.1) is 0 Å². The lowest BCUT2D eigenvalue weighted by atomic mass is 9.48. The highest BCUT2D eigenvalue weighted by molar-refractivity contribution is 5.92. The molecule has 0 saturated heterocycles. The molecule has 0 aromatic carbocycles. The fourth-order valence-electron chi connectivity index (χ4n) is 7.93. The van der Waals surface area contributed by atoms with Gasteiger partial charge in [-0.2, -0.15) is 0 Å². The Hall–Kier alpha value is -0.890. The molecule has 0 spiro atoms. The summed E-state index contributed by atoms with van der Waals surface area (Å²) in [4.78, 5) is 12.0.